The minimum absolute atomic E-state index is 0.115. The van der Waals surface area contributed by atoms with Crippen LogP contribution in [0.15, 0.2) is 53.3 Å². The number of carbonyl (C=O) groups is 1. The molecule has 0 aliphatic rings. The Morgan fingerprint density at radius 2 is 2.17 bits per heavy atom. The Morgan fingerprint density at radius 3 is 2.91 bits per heavy atom. The monoisotopic (exact) mass is 313 g/mol. The first-order chi connectivity index (χ1) is 11.1. The van der Waals surface area contributed by atoms with Gasteiger partial charge in [0, 0.05) is 18.0 Å². The van der Waals surface area contributed by atoms with E-state index in [1.807, 2.05) is 0 Å². The predicted octanol–water partition coefficient (Wildman–Crippen LogP) is 3.19. The summed E-state index contributed by atoms with van der Waals surface area (Å²) in [6, 6.07) is 8.78. The summed E-state index contributed by atoms with van der Waals surface area (Å²) < 4.78 is 23.4. The molecule has 116 valence electrons. The molecule has 0 N–H and O–H groups in total. The second-order valence-corrected chi connectivity index (χ2v) is 4.76. The molecule has 0 bridgehead atoms. The Morgan fingerprint density at radius 1 is 1.30 bits per heavy atom. The number of ether oxygens (including phenoxy) is 1. The van der Waals surface area contributed by atoms with Gasteiger partial charge in [0.2, 0.25) is 5.82 Å². The molecule has 0 spiro atoms. The van der Waals surface area contributed by atoms with E-state index < -0.39 is 17.9 Å². The highest BCUT2D eigenvalue weighted by Gasteiger charge is 2.20. The number of esters is 1. The molecule has 7 heteroatoms. The lowest BCUT2D eigenvalue weighted by Crippen LogP contribution is -2.09. The fraction of sp³-hybridized carbons (Fsp3) is 0.125. The van der Waals surface area contributed by atoms with Crippen LogP contribution in [0.25, 0.3) is 11.4 Å². The van der Waals surface area contributed by atoms with Crippen molar-refractivity contribution in [2.24, 2.45) is 0 Å². The summed E-state index contributed by atoms with van der Waals surface area (Å²) in [7, 11) is 0. The van der Waals surface area contributed by atoms with Crippen molar-refractivity contribution in [2.45, 2.75) is 13.0 Å². The molecule has 0 amide bonds. The van der Waals surface area contributed by atoms with Crippen molar-refractivity contribution >= 4 is 5.97 Å². The molecular formula is C16H12FN3O3. The predicted molar refractivity (Wildman–Crippen MR) is 77.8 cm³/mol. The molecule has 23 heavy (non-hydrogen) atoms. The van der Waals surface area contributed by atoms with Crippen molar-refractivity contribution in [2.75, 3.05) is 0 Å². The lowest BCUT2D eigenvalue weighted by molar-refractivity contribution is 0.0265. The van der Waals surface area contributed by atoms with Gasteiger partial charge in [-0.3, -0.25) is 4.98 Å². The van der Waals surface area contributed by atoms with Crippen LogP contribution in [0.4, 0.5) is 4.39 Å². The molecule has 0 aliphatic carbocycles. The number of aromatic nitrogens is 3. The summed E-state index contributed by atoms with van der Waals surface area (Å²) in [5, 5.41) is 3.82. The SMILES string of the molecule is CC(OC(=O)c1cccc(F)c1)c1nc(-c2cccnc2)no1. The van der Waals surface area contributed by atoms with E-state index in [9.17, 15) is 9.18 Å². The Hall–Kier alpha value is -3.09. The van der Waals surface area contributed by atoms with Crippen LogP contribution in [0.5, 0.6) is 0 Å². The van der Waals surface area contributed by atoms with E-state index >= 15 is 0 Å². The van der Waals surface area contributed by atoms with Crippen LogP contribution in [0.3, 0.4) is 0 Å². The molecule has 0 saturated heterocycles. The van der Waals surface area contributed by atoms with Gasteiger partial charge in [-0.2, -0.15) is 4.98 Å². The van der Waals surface area contributed by atoms with Crippen LogP contribution < -0.4 is 0 Å². The third kappa shape index (κ3) is 3.39. The number of nitrogens with zero attached hydrogens (tertiary/aromatic N) is 3. The average Bonchev–Trinajstić information content (AvgIpc) is 3.06. The second-order valence-electron chi connectivity index (χ2n) is 4.76. The van der Waals surface area contributed by atoms with E-state index in [-0.39, 0.29) is 11.5 Å². The van der Waals surface area contributed by atoms with Gasteiger partial charge in [-0.1, -0.05) is 11.2 Å². The van der Waals surface area contributed by atoms with Gasteiger partial charge in [-0.15, -0.1) is 0 Å². The first-order valence-corrected chi connectivity index (χ1v) is 6.84. The fourth-order valence-corrected chi connectivity index (χ4v) is 1.91. The summed E-state index contributed by atoms with van der Waals surface area (Å²) in [5.74, 6) is -0.683. The lowest BCUT2D eigenvalue weighted by Gasteiger charge is -2.08. The Balaban J connectivity index is 1.73. The van der Waals surface area contributed by atoms with Gasteiger partial charge >= 0.3 is 5.97 Å². The van der Waals surface area contributed by atoms with E-state index in [2.05, 4.69) is 15.1 Å². The Bertz CT molecular complexity index is 820. The molecule has 3 aromatic rings. The van der Waals surface area contributed by atoms with E-state index in [1.165, 1.54) is 18.2 Å². The average molecular weight is 313 g/mol. The van der Waals surface area contributed by atoms with Gasteiger partial charge in [0.25, 0.3) is 5.89 Å². The van der Waals surface area contributed by atoms with Gasteiger partial charge in [0.05, 0.1) is 5.56 Å². The first kappa shape index (κ1) is 14.8. The third-order valence-electron chi connectivity index (χ3n) is 3.05. The minimum atomic E-state index is -0.760. The summed E-state index contributed by atoms with van der Waals surface area (Å²) in [6.45, 7) is 1.59. The smallest absolute Gasteiger partial charge is 0.339 e. The molecular weight excluding hydrogens is 301 g/mol. The van der Waals surface area contributed by atoms with Gasteiger partial charge < -0.3 is 9.26 Å². The van der Waals surface area contributed by atoms with Crippen molar-refractivity contribution in [1.29, 1.82) is 0 Å². The van der Waals surface area contributed by atoms with E-state index in [1.54, 1.807) is 31.5 Å². The molecule has 2 aromatic heterocycles. The molecule has 6 nitrogen and oxygen atoms in total. The quantitative estimate of drug-likeness (QED) is 0.688. The molecule has 0 saturated carbocycles. The number of benzene rings is 1. The Kier molecular flexibility index (Phi) is 4.09. The van der Waals surface area contributed by atoms with Crippen LogP contribution in [0.1, 0.15) is 29.3 Å². The fourth-order valence-electron chi connectivity index (χ4n) is 1.91. The number of pyridine rings is 1. The normalized spacial score (nSPS) is 11.9. The molecule has 1 atom stereocenters. The van der Waals surface area contributed by atoms with Crippen LogP contribution in [-0.4, -0.2) is 21.1 Å². The van der Waals surface area contributed by atoms with E-state index in [0.29, 0.717) is 11.4 Å². The van der Waals surface area contributed by atoms with Crippen molar-refractivity contribution in [3.05, 3.63) is 66.1 Å². The largest absolute Gasteiger partial charge is 0.449 e. The van der Waals surface area contributed by atoms with Crippen LogP contribution in [0.2, 0.25) is 0 Å². The zero-order valence-corrected chi connectivity index (χ0v) is 12.1. The highest BCUT2D eigenvalue weighted by molar-refractivity contribution is 5.89. The first-order valence-electron chi connectivity index (χ1n) is 6.84. The second kappa shape index (κ2) is 6.35. The van der Waals surface area contributed by atoms with Gasteiger partial charge in [0.1, 0.15) is 5.82 Å². The molecule has 3 rings (SSSR count). The van der Waals surface area contributed by atoms with Crippen LogP contribution >= 0.6 is 0 Å². The van der Waals surface area contributed by atoms with E-state index in [0.717, 1.165) is 6.07 Å². The zero-order valence-electron chi connectivity index (χ0n) is 12.1. The van der Waals surface area contributed by atoms with Gasteiger partial charge in [-0.05, 0) is 37.3 Å². The molecule has 2 heterocycles. The molecule has 0 radical (unpaired) electrons. The number of hydrogen-bond acceptors (Lipinski definition) is 6. The maximum absolute atomic E-state index is 13.1. The maximum atomic E-state index is 13.1. The topological polar surface area (TPSA) is 78.1 Å². The Labute approximate surface area is 130 Å². The minimum Gasteiger partial charge on any atom is -0.449 e. The zero-order chi connectivity index (χ0) is 16.2. The molecule has 0 aliphatic heterocycles. The summed E-state index contributed by atoms with van der Waals surface area (Å²) in [5.41, 5.74) is 0.801. The van der Waals surface area contributed by atoms with Crippen molar-refractivity contribution in [3.63, 3.8) is 0 Å². The van der Waals surface area contributed by atoms with Gasteiger partial charge in [0.15, 0.2) is 6.10 Å². The standard InChI is InChI=1S/C16H12FN3O3/c1-10(22-16(21)11-4-2-6-13(17)8-11)15-19-14(20-23-15)12-5-3-7-18-9-12/h2-10H,1H3. The maximum Gasteiger partial charge on any atom is 0.339 e. The van der Waals surface area contributed by atoms with Crippen molar-refractivity contribution in [3.8, 4) is 11.4 Å². The summed E-state index contributed by atoms with van der Waals surface area (Å²) in [4.78, 5) is 20.1. The highest BCUT2D eigenvalue weighted by atomic mass is 19.1. The highest BCUT2D eigenvalue weighted by Crippen LogP contribution is 2.21. The summed E-state index contributed by atoms with van der Waals surface area (Å²) >= 11 is 0. The van der Waals surface area contributed by atoms with Crippen molar-refractivity contribution < 1.29 is 18.4 Å². The number of rotatable bonds is 4. The lowest BCUT2D eigenvalue weighted by atomic mass is 10.2. The van der Waals surface area contributed by atoms with Crippen LogP contribution in [0, 0.1) is 5.82 Å². The number of carbonyl (C=O) groups excluding carboxylic acids is 1. The number of halogens is 1. The van der Waals surface area contributed by atoms with Crippen molar-refractivity contribution in [1.82, 2.24) is 15.1 Å². The van der Waals surface area contributed by atoms with Crippen LogP contribution in [-0.2, 0) is 4.74 Å². The molecule has 0 fully saturated rings. The van der Waals surface area contributed by atoms with E-state index in [4.69, 9.17) is 9.26 Å². The number of hydrogen-bond donors (Lipinski definition) is 0. The molecule has 1 aromatic carbocycles. The summed E-state index contributed by atoms with van der Waals surface area (Å²) in [6.07, 6.45) is 2.47. The van der Waals surface area contributed by atoms with Gasteiger partial charge in [-0.25, -0.2) is 9.18 Å². The third-order valence-corrected chi connectivity index (χ3v) is 3.05. The molecule has 1 unspecified atom stereocenters.